The predicted octanol–water partition coefficient (Wildman–Crippen LogP) is 4.80. The minimum atomic E-state index is -3.92. The van der Waals surface area contributed by atoms with Crippen LogP contribution in [0.2, 0.25) is 0 Å². The number of ether oxygens (including phenoxy) is 1. The number of methoxy groups -OCH3 is 1. The number of rotatable bonds is 6. The molecule has 2 N–H and O–H groups in total. The molecule has 0 fully saturated rings. The van der Waals surface area contributed by atoms with Gasteiger partial charge in [0, 0.05) is 11.1 Å². The molecule has 1 heterocycles. The molecule has 4 aromatic rings. The smallest absolute Gasteiger partial charge is 0.291 e. The lowest BCUT2D eigenvalue weighted by Crippen LogP contribution is -2.16. The highest BCUT2D eigenvalue weighted by atomic mass is 32.2. The fourth-order valence-electron chi connectivity index (χ4n) is 3.18. The van der Waals surface area contributed by atoms with Gasteiger partial charge in [0.1, 0.15) is 11.3 Å². The minimum absolute atomic E-state index is 0.0424. The van der Waals surface area contributed by atoms with E-state index in [-0.39, 0.29) is 10.7 Å². The number of benzene rings is 3. The molecule has 0 unspecified atom stereocenters. The average molecular weight is 436 g/mol. The van der Waals surface area contributed by atoms with Crippen molar-refractivity contribution in [1.29, 1.82) is 0 Å². The summed E-state index contributed by atoms with van der Waals surface area (Å²) >= 11 is 0. The molecule has 0 radical (unpaired) electrons. The summed E-state index contributed by atoms with van der Waals surface area (Å²) in [6, 6.07) is 20.3. The number of para-hydroxylation sites is 3. The maximum absolute atomic E-state index is 13.0. The lowest BCUT2D eigenvalue weighted by molar-refractivity contribution is 0.0998. The molecular weight excluding hydrogens is 416 g/mol. The summed E-state index contributed by atoms with van der Waals surface area (Å²) < 4.78 is 39.4. The fourth-order valence-corrected chi connectivity index (χ4v) is 4.52. The summed E-state index contributed by atoms with van der Waals surface area (Å²) in [5.74, 6) is 0.0671. The van der Waals surface area contributed by atoms with Crippen LogP contribution in [0.15, 0.2) is 82.1 Å². The topological polar surface area (TPSA) is 97.6 Å². The van der Waals surface area contributed by atoms with Crippen LogP contribution >= 0.6 is 0 Å². The molecule has 4 rings (SSSR count). The highest BCUT2D eigenvalue weighted by Crippen LogP contribution is 2.28. The monoisotopic (exact) mass is 436 g/mol. The van der Waals surface area contributed by atoms with Gasteiger partial charge in [0.25, 0.3) is 15.9 Å². The number of carbonyl (C=O) groups is 1. The zero-order valence-electron chi connectivity index (χ0n) is 16.9. The maximum atomic E-state index is 13.0. The summed E-state index contributed by atoms with van der Waals surface area (Å²) in [6.07, 6.45) is 0. The van der Waals surface area contributed by atoms with Crippen LogP contribution in [0.25, 0.3) is 11.0 Å². The Morgan fingerprint density at radius 3 is 2.48 bits per heavy atom. The number of carbonyl (C=O) groups excluding carboxylic acids is 1. The highest BCUT2D eigenvalue weighted by Gasteiger charge is 2.20. The van der Waals surface area contributed by atoms with Crippen LogP contribution in [-0.2, 0) is 10.0 Å². The number of nitrogens with one attached hydrogen (secondary N) is 2. The van der Waals surface area contributed by atoms with Crippen molar-refractivity contribution in [3.8, 4) is 5.75 Å². The van der Waals surface area contributed by atoms with Crippen LogP contribution < -0.4 is 14.8 Å². The van der Waals surface area contributed by atoms with Crippen molar-refractivity contribution in [3.63, 3.8) is 0 Å². The third kappa shape index (κ3) is 4.24. The fraction of sp³-hybridized carbons (Fsp3) is 0.0870. The molecule has 7 nitrogen and oxygen atoms in total. The van der Waals surface area contributed by atoms with Crippen LogP contribution in [0.1, 0.15) is 16.1 Å². The molecule has 31 heavy (non-hydrogen) atoms. The van der Waals surface area contributed by atoms with E-state index in [1.54, 1.807) is 55.5 Å². The van der Waals surface area contributed by atoms with Gasteiger partial charge in [-0.3, -0.25) is 9.52 Å². The van der Waals surface area contributed by atoms with Gasteiger partial charge in [0.2, 0.25) is 0 Å². The molecule has 0 atom stereocenters. The second-order valence-corrected chi connectivity index (χ2v) is 8.54. The largest absolute Gasteiger partial charge is 0.495 e. The number of hydrogen-bond donors (Lipinski definition) is 2. The van der Waals surface area contributed by atoms with Gasteiger partial charge in [-0.2, -0.15) is 0 Å². The van der Waals surface area contributed by atoms with E-state index in [0.717, 1.165) is 5.39 Å². The molecule has 8 heteroatoms. The molecule has 0 saturated heterocycles. The van der Waals surface area contributed by atoms with Crippen LogP contribution in [0.4, 0.5) is 11.4 Å². The Morgan fingerprint density at radius 1 is 0.968 bits per heavy atom. The van der Waals surface area contributed by atoms with E-state index in [1.165, 1.54) is 13.2 Å². The molecular formula is C23H20N2O5S. The number of hydrogen-bond acceptors (Lipinski definition) is 5. The van der Waals surface area contributed by atoms with Gasteiger partial charge in [-0.05, 0) is 48.9 Å². The van der Waals surface area contributed by atoms with Crippen molar-refractivity contribution < 1.29 is 22.4 Å². The zero-order valence-corrected chi connectivity index (χ0v) is 17.7. The number of anilines is 2. The van der Waals surface area contributed by atoms with Gasteiger partial charge in [-0.25, -0.2) is 8.42 Å². The number of amides is 1. The van der Waals surface area contributed by atoms with Gasteiger partial charge < -0.3 is 14.5 Å². The van der Waals surface area contributed by atoms with Crippen molar-refractivity contribution in [1.82, 2.24) is 0 Å². The first kappa shape index (κ1) is 20.5. The lowest BCUT2D eigenvalue weighted by atomic mass is 10.2. The molecule has 158 valence electrons. The van der Waals surface area contributed by atoms with Crippen LogP contribution in [0, 0.1) is 6.92 Å². The summed E-state index contributed by atoms with van der Waals surface area (Å²) in [5, 5.41) is 3.50. The quantitative estimate of drug-likeness (QED) is 0.452. The second-order valence-electron chi connectivity index (χ2n) is 6.89. The van der Waals surface area contributed by atoms with E-state index in [2.05, 4.69) is 10.0 Å². The van der Waals surface area contributed by atoms with Crippen molar-refractivity contribution in [2.45, 2.75) is 11.8 Å². The Balaban J connectivity index is 1.61. The molecule has 0 spiro atoms. The molecule has 3 aromatic carbocycles. The Kier molecular flexibility index (Phi) is 5.39. The lowest BCUT2D eigenvalue weighted by Gasteiger charge is -2.14. The van der Waals surface area contributed by atoms with Crippen molar-refractivity contribution in [2.75, 3.05) is 17.1 Å². The zero-order chi connectivity index (χ0) is 22.0. The molecule has 0 aliphatic rings. The van der Waals surface area contributed by atoms with Gasteiger partial charge in [0.05, 0.1) is 17.7 Å². The number of aryl methyl sites for hydroxylation is 1. The SMILES string of the molecule is COc1ccccc1NS(=O)(=O)c1cc(NC(=O)c2cc3ccccc3o2)ccc1C. The summed E-state index contributed by atoms with van der Waals surface area (Å²) in [7, 11) is -2.46. The molecule has 0 saturated carbocycles. The first-order valence-corrected chi connectivity index (χ1v) is 10.9. The number of furan rings is 1. The van der Waals surface area contributed by atoms with Crippen molar-refractivity contribution >= 4 is 38.3 Å². The molecule has 0 bridgehead atoms. The number of sulfonamides is 1. The molecule has 0 aliphatic carbocycles. The van der Waals surface area contributed by atoms with Crippen LogP contribution in [0.3, 0.4) is 0 Å². The van der Waals surface area contributed by atoms with E-state index >= 15 is 0 Å². The van der Waals surface area contributed by atoms with E-state index in [4.69, 9.17) is 9.15 Å². The first-order chi connectivity index (χ1) is 14.9. The second kappa shape index (κ2) is 8.16. The summed E-state index contributed by atoms with van der Waals surface area (Å²) in [5.41, 5.74) is 1.78. The van der Waals surface area contributed by atoms with E-state index in [1.807, 2.05) is 18.2 Å². The first-order valence-electron chi connectivity index (χ1n) is 9.44. The average Bonchev–Trinajstić information content (AvgIpc) is 3.19. The van der Waals surface area contributed by atoms with Gasteiger partial charge in [-0.1, -0.05) is 36.4 Å². The van der Waals surface area contributed by atoms with Crippen molar-refractivity contribution in [2.24, 2.45) is 0 Å². The maximum Gasteiger partial charge on any atom is 0.291 e. The van der Waals surface area contributed by atoms with Crippen molar-refractivity contribution in [3.05, 3.63) is 84.1 Å². The standard InChI is InChI=1S/C23H20N2O5S/c1-15-11-12-17(24-23(26)21-13-16-7-3-5-9-19(16)30-21)14-22(15)31(27,28)25-18-8-4-6-10-20(18)29-2/h3-14,25H,1-2H3,(H,24,26). The Bertz CT molecular complexity index is 1340. The Morgan fingerprint density at radius 2 is 1.71 bits per heavy atom. The van der Waals surface area contributed by atoms with Gasteiger partial charge in [0.15, 0.2) is 5.76 Å². The molecule has 1 amide bonds. The Hall–Kier alpha value is -3.78. The normalized spacial score (nSPS) is 11.3. The third-order valence-corrected chi connectivity index (χ3v) is 6.24. The third-order valence-electron chi connectivity index (χ3n) is 4.74. The van der Waals surface area contributed by atoms with Gasteiger partial charge >= 0.3 is 0 Å². The van der Waals surface area contributed by atoms with Crippen LogP contribution in [0.5, 0.6) is 5.75 Å². The van der Waals surface area contributed by atoms with E-state index < -0.39 is 15.9 Å². The van der Waals surface area contributed by atoms with Gasteiger partial charge in [-0.15, -0.1) is 0 Å². The molecule has 1 aromatic heterocycles. The highest BCUT2D eigenvalue weighted by molar-refractivity contribution is 7.92. The predicted molar refractivity (Wildman–Crippen MR) is 119 cm³/mol. The number of fused-ring (bicyclic) bond motifs is 1. The Labute approximate surface area is 179 Å². The molecule has 0 aliphatic heterocycles. The van der Waals surface area contributed by atoms with E-state index in [0.29, 0.717) is 28.3 Å². The van der Waals surface area contributed by atoms with Crippen LogP contribution in [-0.4, -0.2) is 21.4 Å². The summed E-state index contributed by atoms with van der Waals surface area (Å²) in [4.78, 5) is 12.7. The van der Waals surface area contributed by atoms with E-state index in [9.17, 15) is 13.2 Å². The summed E-state index contributed by atoms with van der Waals surface area (Å²) in [6.45, 7) is 1.68. The minimum Gasteiger partial charge on any atom is -0.495 e.